The monoisotopic (exact) mass is 321 g/mol. The van der Waals surface area contributed by atoms with Crippen molar-refractivity contribution < 1.29 is 4.42 Å². The SMILES string of the molecule is CC(C)Cn1c(-c2cn(Cc3ccoc3)nn2)nc2ccccc21. The smallest absolute Gasteiger partial charge is 0.163 e. The van der Waals surface area contributed by atoms with E-state index >= 15 is 0 Å². The number of nitrogens with zero attached hydrogens (tertiary/aromatic N) is 5. The molecule has 0 unspecified atom stereocenters. The van der Waals surface area contributed by atoms with Crippen molar-refractivity contribution in [1.82, 2.24) is 24.5 Å². The summed E-state index contributed by atoms with van der Waals surface area (Å²) in [6.07, 6.45) is 5.32. The first kappa shape index (κ1) is 14.7. The lowest BCUT2D eigenvalue weighted by Gasteiger charge is -2.10. The summed E-state index contributed by atoms with van der Waals surface area (Å²) in [5.74, 6) is 1.38. The molecule has 1 aromatic carbocycles. The second kappa shape index (κ2) is 5.96. The third kappa shape index (κ3) is 2.71. The molecular weight excluding hydrogens is 302 g/mol. The van der Waals surface area contributed by atoms with Gasteiger partial charge in [-0.15, -0.1) is 5.10 Å². The molecule has 0 radical (unpaired) electrons. The van der Waals surface area contributed by atoms with Crippen LogP contribution in [0, 0.1) is 5.92 Å². The normalized spacial score (nSPS) is 11.6. The average Bonchev–Trinajstić information content (AvgIpc) is 3.28. The Kier molecular flexibility index (Phi) is 3.65. The van der Waals surface area contributed by atoms with E-state index in [9.17, 15) is 0 Å². The summed E-state index contributed by atoms with van der Waals surface area (Å²) < 4.78 is 9.14. The summed E-state index contributed by atoms with van der Waals surface area (Å²) in [4.78, 5) is 4.77. The van der Waals surface area contributed by atoms with E-state index in [2.05, 4.69) is 34.8 Å². The van der Waals surface area contributed by atoms with Gasteiger partial charge in [0.1, 0.15) is 5.69 Å². The van der Waals surface area contributed by atoms with E-state index in [1.165, 1.54) is 0 Å². The van der Waals surface area contributed by atoms with E-state index < -0.39 is 0 Å². The second-order valence-corrected chi connectivity index (χ2v) is 6.36. The summed E-state index contributed by atoms with van der Waals surface area (Å²) in [6.45, 7) is 5.93. The Morgan fingerprint density at radius 1 is 1.17 bits per heavy atom. The Morgan fingerprint density at radius 3 is 2.83 bits per heavy atom. The zero-order chi connectivity index (χ0) is 16.5. The summed E-state index contributed by atoms with van der Waals surface area (Å²) in [5, 5.41) is 8.56. The van der Waals surface area contributed by atoms with Gasteiger partial charge in [0.15, 0.2) is 5.82 Å². The second-order valence-electron chi connectivity index (χ2n) is 6.36. The zero-order valence-corrected chi connectivity index (χ0v) is 13.8. The van der Waals surface area contributed by atoms with Crippen molar-refractivity contribution in [3.8, 4) is 11.5 Å². The van der Waals surface area contributed by atoms with Gasteiger partial charge in [0.2, 0.25) is 0 Å². The van der Waals surface area contributed by atoms with Crippen LogP contribution in [0.15, 0.2) is 53.5 Å². The van der Waals surface area contributed by atoms with Crippen LogP contribution in [-0.2, 0) is 13.1 Å². The lowest BCUT2D eigenvalue weighted by molar-refractivity contribution is 0.536. The van der Waals surface area contributed by atoms with Crippen LogP contribution in [0.4, 0.5) is 0 Å². The van der Waals surface area contributed by atoms with Crippen LogP contribution < -0.4 is 0 Å². The molecule has 0 aliphatic heterocycles. The van der Waals surface area contributed by atoms with E-state index in [4.69, 9.17) is 9.40 Å². The molecule has 3 heterocycles. The fraction of sp³-hybridized carbons (Fsp3) is 0.278. The van der Waals surface area contributed by atoms with Gasteiger partial charge in [0.05, 0.1) is 36.3 Å². The predicted molar refractivity (Wildman–Crippen MR) is 91.4 cm³/mol. The topological polar surface area (TPSA) is 61.7 Å². The number of hydrogen-bond donors (Lipinski definition) is 0. The van der Waals surface area contributed by atoms with Gasteiger partial charge in [-0.1, -0.05) is 31.2 Å². The van der Waals surface area contributed by atoms with Crippen molar-refractivity contribution in [2.45, 2.75) is 26.9 Å². The number of imidazole rings is 1. The molecule has 0 N–H and O–H groups in total. The zero-order valence-electron chi connectivity index (χ0n) is 13.8. The predicted octanol–water partition coefficient (Wildman–Crippen LogP) is 3.59. The molecule has 0 atom stereocenters. The number of benzene rings is 1. The number of hydrogen-bond acceptors (Lipinski definition) is 4. The Bertz CT molecular complexity index is 949. The van der Waals surface area contributed by atoms with Crippen molar-refractivity contribution in [2.75, 3.05) is 0 Å². The van der Waals surface area contributed by atoms with Gasteiger partial charge in [-0.25, -0.2) is 9.67 Å². The maximum absolute atomic E-state index is 5.10. The van der Waals surface area contributed by atoms with E-state index in [0.29, 0.717) is 12.5 Å². The van der Waals surface area contributed by atoms with Crippen molar-refractivity contribution in [1.29, 1.82) is 0 Å². The van der Waals surface area contributed by atoms with E-state index in [0.717, 1.165) is 34.7 Å². The molecule has 0 saturated carbocycles. The van der Waals surface area contributed by atoms with Gasteiger partial charge < -0.3 is 8.98 Å². The third-order valence-corrected chi connectivity index (χ3v) is 3.89. The quantitative estimate of drug-likeness (QED) is 0.563. The first-order valence-corrected chi connectivity index (χ1v) is 8.07. The molecule has 0 amide bonds. The molecule has 0 spiro atoms. The van der Waals surface area contributed by atoms with Crippen molar-refractivity contribution >= 4 is 11.0 Å². The summed E-state index contributed by atoms with van der Waals surface area (Å²) in [7, 11) is 0. The average molecular weight is 321 g/mol. The molecule has 4 rings (SSSR count). The largest absolute Gasteiger partial charge is 0.472 e. The maximum Gasteiger partial charge on any atom is 0.163 e. The van der Waals surface area contributed by atoms with Gasteiger partial charge in [-0.3, -0.25) is 0 Å². The molecular formula is C18H19N5O. The van der Waals surface area contributed by atoms with Crippen LogP contribution in [-0.4, -0.2) is 24.5 Å². The van der Waals surface area contributed by atoms with Crippen molar-refractivity contribution in [3.05, 3.63) is 54.6 Å². The van der Waals surface area contributed by atoms with Crippen LogP contribution in [0.1, 0.15) is 19.4 Å². The van der Waals surface area contributed by atoms with Crippen LogP contribution in [0.2, 0.25) is 0 Å². The molecule has 0 aliphatic rings. The highest BCUT2D eigenvalue weighted by atomic mass is 16.3. The van der Waals surface area contributed by atoms with Crippen molar-refractivity contribution in [3.63, 3.8) is 0 Å². The number of aromatic nitrogens is 5. The highest BCUT2D eigenvalue weighted by Gasteiger charge is 2.16. The van der Waals surface area contributed by atoms with Crippen LogP contribution in [0.25, 0.3) is 22.6 Å². The molecule has 0 bridgehead atoms. The van der Waals surface area contributed by atoms with Crippen LogP contribution in [0.3, 0.4) is 0 Å². The molecule has 6 heteroatoms. The van der Waals surface area contributed by atoms with Gasteiger partial charge in [-0.2, -0.15) is 0 Å². The van der Waals surface area contributed by atoms with Gasteiger partial charge in [0, 0.05) is 12.1 Å². The fourth-order valence-corrected chi connectivity index (χ4v) is 2.87. The molecule has 24 heavy (non-hydrogen) atoms. The molecule has 0 aliphatic carbocycles. The number of para-hydroxylation sites is 2. The number of rotatable bonds is 5. The van der Waals surface area contributed by atoms with Crippen LogP contribution in [0.5, 0.6) is 0 Å². The van der Waals surface area contributed by atoms with Crippen LogP contribution >= 0.6 is 0 Å². The minimum absolute atomic E-state index is 0.516. The standard InChI is InChI=1S/C18H19N5O/c1-13(2)9-23-17-6-4-3-5-15(17)19-18(23)16-11-22(21-20-16)10-14-7-8-24-12-14/h3-8,11-13H,9-10H2,1-2H3. The van der Waals surface area contributed by atoms with Gasteiger partial charge in [0.25, 0.3) is 0 Å². The molecule has 0 saturated heterocycles. The minimum Gasteiger partial charge on any atom is -0.472 e. The van der Waals surface area contributed by atoms with Gasteiger partial charge >= 0.3 is 0 Å². The molecule has 122 valence electrons. The Labute approximate surface area is 139 Å². The Hall–Kier alpha value is -2.89. The summed E-state index contributed by atoms with van der Waals surface area (Å²) >= 11 is 0. The van der Waals surface area contributed by atoms with Gasteiger partial charge in [-0.05, 0) is 24.1 Å². The third-order valence-electron chi connectivity index (χ3n) is 3.89. The summed E-state index contributed by atoms with van der Waals surface area (Å²) in [6, 6.07) is 10.1. The highest BCUT2D eigenvalue weighted by molar-refractivity contribution is 5.79. The van der Waals surface area contributed by atoms with E-state index in [-0.39, 0.29) is 0 Å². The molecule has 4 aromatic rings. The van der Waals surface area contributed by atoms with E-state index in [1.54, 1.807) is 17.2 Å². The lowest BCUT2D eigenvalue weighted by Crippen LogP contribution is -2.06. The fourth-order valence-electron chi connectivity index (χ4n) is 2.87. The Balaban J connectivity index is 1.74. The number of furan rings is 1. The molecule has 3 aromatic heterocycles. The highest BCUT2D eigenvalue weighted by Crippen LogP contribution is 2.24. The Morgan fingerprint density at radius 2 is 2.04 bits per heavy atom. The maximum atomic E-state index is 5.10. The summed E-state index contributed by atoms with van der Waals surface area (Å²) in [5.41, 5.74) is 3.96. The molecule has 6 nitrogen and oxygen atoms in total. The lowest BCUT2D eigenvalue weighted by atomic mass is 10.2. The van der Waals surface area contributed by atoms with E-state index in [1.807, 2.05) is 30.5 Å². The molecule has 0 fully saturated rings. The van der Waals surface area contributed by atoms with Crippen molar-refractivity contribution in [2.24, 2.45) is 5.92 Å². The number of fused-ring (bicyclic) bond motifs is 1. The first-order valence-electron chi connectivity index (χ1n) is 8.07. The first-order chi connectivity index (χ1) is 11.7. The minimum atomic E-state index is 0.516.